The highest BCUT2D eigenvalue weighted by molar-refractivity contribution is 5.95. The first-order valence-electron chi connectivity index (χ1n) is 7.06. The Bertz CT molecular complexity index is 931. The van der Waals surface area contributed by atoms with E-state index in [1.165, 1.54) is 6.92 Å². The van der Waals surface area contributed by atoms with E-state index >= 15 is 0 Å². The van der Waals surface area contributed by atoms with Crippen molar-refractivity contribution in [2.24, 2.45) is 0 Å². The van der Waals surface area contributed by atoms with Crippen LogP contribution in [0.15, 0.2) is 30.3 Å². The van der Waals surface area contributed by atoms with Crippen LogP contribution >= 0.6 is 0 Å². The predicted octanol–water partition coefficient (Wildman–Crippen LogP) is 4.23. The fourth-order valence-corrected chi connectivity index (χ4v) is 2.32. The van der Waals surface area contributed by atoms with Gasteiger partial charge in [-0.2, -0.15) is 13.2 Å². The van der Waals surface area contributed by atoms with Crippen LogP contribution in [0.4, 0.5) is 24.7 Å². The number of hydrogen-bond donors (Lipinski definition) is 2. The number of hydrogen-bond acceptors (Lipinski definition) is 4. The number of fused-ring (bicyclic) bond motifs is 1. The monoisotopic (exact) mass is 334 g/mol. The number of H-pyrrole nitrogens is 1. The van der Waals surface area contributed by atoms with Gasteiger partial charge in [0.05, 0.1) is 5.39 Å². The van der Waals surface area contributed by atoms with E-state index in [1.807, 2.05) is 0 Å². The molecule has 8 heteroatoms. The van der Waals surface area contributed by atoms with Gasteiger partial charge in [-0.25, -0.2) is 9.97 Å². The van der Waals surface area contributed by atoms with Gasteiger partial charge < -0.3 is 10.3 Å². The zero-order valence-electron chi connectivity index (χ0n) is 12.8. The number of carbonyl (C=O) groups is 1. The number of anilines is 2. The Labute approximate surface area is 134 Å². The van der Waals surface area contributed by atoms with E-state index < -0.39 is 12.0 Å². The quantitative estimate of drug-likeness (QED) is 0.703. The van der Waals surface area contributed by atoms with Gasteiger partial charge in [0, 0.05) is 16.9 Å². The summed E-state index contributed by atoms with van der Waals surface area (Å²) in [5.41, 5.74) is 1.68. The number of aromatic nitrogens is 3. The van der Waals surface area contributed by atoms with Crippen molar-refractivity contribution in [1.29, 1.82) is 0 Å². The highest BCUT2D eigenvalue weighted by Gasteiger charge is 2.36. The fourth-order valence-electron chi connectivity index (χ4n) is 2.32. The van der Waals surface area contributed by atoms with Crippen molar-refractivity contribution in [3.63, 3.8) is 0 Å². The topological polar surface area (TPSA) is 70.7 Å². The highest BCUT2D eigenvalue weighted by Crippen LogP contribution is 2.31. The summed E-state index contributed by atoms with van der Waals surface area (Å²) >= 11 is 0. The van der Waals surface area contributed by atoms with E-state index in [2.05, 4.69) is 20.3 Å². The second-order valence-electron chi connectivity index (χ2n) is 5.37. The molecule has 5 nitrogen and oxygen atoms in total. The number of alkyl halides is 3. The van der Waals surface area contributed by atoms with Crippen LogP contribution in [0.25, 0.3) is 11.0 Å². The summed E-state index contributed by atoms with van der Waals surface area (Å²) in [6.07, 6.45) is -4.66. The number of rotatable bonds is 3. The maximum atomic E-state index is 13.0. The van der Waals surface area contributed by atoms with Crippen LogP contribution in [0, 0.1) is 6.92 Å². The average molecular weight is 334 g/mol. The summed E-state index contributed by atoms with van der Waals surface area (Å²) in [5.74, 6) is -1.35. The van der Waals surface area contributed by atoms with Crippen LogP contribution in [-0.4, -0.2) is 20.7 Å². The third kappa shape index (κ3) is 3.08. The second kappa shape index (κ2) is 5.63. The number of carbonyl (C=O) groups excluding carboxylic acids is 1. The van der Waals surface area contributed by atoms with Crippen molar-refractivity contribution in [3.05, 3.63) is 47.4 Å². The van der Waals surface area contributed by atoms with Gasteiger partial charge in [0.15, 0.2) is 5.78 Å². The van der Waals surface area contributed by atoms with Gasteiger partial charge in [-0.05, 0) is 32.0 Å². The summed E-state index contributed by atoms with van der Waals surface area (Å²) in [5, 5.41) is 3.28. The highest BCUT2D eigenvalue weighted by atomic mass is 19.4. The van der Waals surface area contributed by atoms with Gasteiger partial charge >= 0.3 is 6.18 Å². The number of nitrogens with zero attached hydrogens (tertiary/aromatic N) is 2. The maximum absolute atomic E-state index is 13.0. The molecule has 2 aromatic heterocycles. The number of halogens is 3. The number of Topliss-reactive ketones (excluding diaryl/α,β-unsaturated/α-hetero) is 1. The van der Waals surface area contributed by atoms with Crippen molar-refractivity contribution < 1.29 is 18.0 Å². The lowest BCUT2D eigenvalue weighted by Crippen LogP contribution is -2.12. The maximum Gasteiger partial charge on any atom is 0.451 e. The van der Waals surface area contributed by atoms with Gasteiger partial charge in [0.1, 0.15) is 11.5 Å². The van der Waals surface area contributed by atoms with E-state index in [-0.39, 0.29) is 17.2 Å². The first kappa shape index (κ1) is 16.0. The van der Waals surface area contributed by atoms with Crippen LogP contribution < -0.4 is 5.32 Å². The normalized spacial score (nSPS) is 11.7. The van der Waals surface area contributed by atoms with Gasteiger partial charge in [-0.15, -0.1) is 0 Å². The van der Waals surface area contributed by atoms with Crippen LogP contribution in [-0.2, 0) is 6.18 Å². The predicted molar refractivity (Wildman–Crippen MR) is 83.4 cm³/mol. The van der Waals surface area contributed by atoms with Crippen molar-refractivity contribution in [3.8, 4) is 0 Å². The number of aromatic amines is 1. The molecule has 0 saturated heterocycles. The Hall–Kier alpha value is -2.90. The van der Waals surface area contributed by atoms with Gasteiger partial charge in [0.2, 0.25) is 5.82 Å². The second-order valence-corrected chi connectivity index (χ2v) is 5.37. The molecule has 0 aliphatic carbocycles. The molecule has 0 amide bonds. The molecule has 1 aromatic carbocycles. The van der Waals surface area contributed by atoms with E-state index in [9.17, 15) is 18.0 Å². The third-order valence-corrected chi connectivity index (χ3v) is 3.41. The SMILES string of the molecule is CC(=O)c1cccc(Nc2nc(C(F)(F)F)nc3[nH]c(C)cc23)c1. The molecule has 0 saturated carbocycles. The van der Waals surface area contributed by atoms with Crippen LogP contribution in [0.3, 0.4) is 0 Å². The number of aryl methyl sites for hydroxylation is 1. The standard InChI is InChI=1S/C16H13F3N4O/c1-8-6-12-13(20-8)22-15(16(17,18)19)23-14(12)21-11-5-3-4-10(7-11)9(2)24/h3-7H,1-2H3,(H2,20,21,22,23). The molecule has 0 atom stereocenters. The largest absolute Gasteiger partial charge is 0.451 e. The van der Waals surface area contributed by atoms with E-state index in [1.54, 1.807) is 37.3 Å². The first-order valence-corrected chi connectivity index (χ1v) is 7.06. The zero-order chi connectivity index (χ0) is 17.5. The van der Waals surface area contributed by atoms with E-state index in [0.29, 0.717) is 22.3 Å². The molecule has 0 spiro atoms. The van der Waals surface area contributed by atoms with Crippen LogP contribution in [0.1, 0.15) is 28.8 Å². The zero-order valence-corrected chi connectivity index (χ0v) is 12.8. The molecule has 2 N–H and O–H groups in total. The molecule has 0 unspecified atom stereocenters. The molecular formula is C16H13F3N4O. The van der Waals surface area contributed by atoms with Crippen molar-refractivity contribution >= 4 is 28.3 Å². The third-order valence-electron chi connectivity index (χ3n) is 3.41. The van der Waals surface area contributed by atoms with Crippen LogP contribution in [0.5, 0.6) is 0 Å². The summed E-state index contributed by atoms with van der Waals surface area (Å²) in [4.78, 5) is 21.4. The first-order chi connectivity index (χ1) is 11.2. The fraction of sp³-hybridized carbons (Fsp3) is 0.188. The number of benzene rings is 1. The molecule has 0 bridgehead atoms. The molecule has 0 radical (unpaired) electrons. The molecule has 3 aromatic rings. The summed E-state index contributed by atoms with van der Waals surface area (Å²) in [6.45, 7) is 3.13. The Balaban J connectivity index is 2.11. The molecule has 3 rings (SSSR count). The van der Waals surface area contributed by atoms with Gasteiger partial charge in [-0.1, -0.05) is 12.1 Å². The number of ketones is 1. The Kier molecular flexibility index (Phi) is 3.75. The Morgan fingerprint density at radius 1 is 1.21 bits per heavy atom. The molecule has 0 aliphatic heterocycles. The smallest absolute Gasteiger partial charge is 0.343 e. The molecule has 0 aliphatic rings. The lowest BCUT2D eigenvalue weighted by Gasteiger charge is -2.11. The Morgan fingerprint density at radius 3 is 2.62 bits per heavy atom. The minimum absolute atomic E-state index is 0.0253. The van der Waals surface area contributed by atoms with Crippen molar-refractivity contribution in [2.45, 2.75) is 20.0 Å². The molecular weight excluding hydrogens is 321 g/mol. The minimum atomic E-state index is -4.66. The van der Waals surface area contributed by atoms with E-state index in [4.69, 9.17) is 0 Å². The summed E-state index contributed by atoms with van der Waals surface area (Å²) in [7, 11) is 0. The molecule has 124 valence electrons. The molecule has 24 heavy (non-hydrogen) atoms. The molecule has 0 fully saturated rings. The minimum Gasteiger partial charge on any atom is -0.343 e. The van der Waals surface area contributed by atoms with Gasteiger partial charge in [-0.3, -0.25) is 4.79 Å². The lowest BCUT2D eigenvalue weighted by molar-refractivity contribution is -0.144. The summed E-state index contributed by atoms with van der Waals surface area (Å²) in [6, 6.07) is 8.14. The average Bonchev–Trinajstić information content (AvgIpc) is 2.87. The lowest BCUT2D eigenvalue weighted by atomic mass is 10.1. The van der Waals surface area contributed by atoms with Gasteiger partial charge in [0.25, 0.3) is 0 Å². The van der Waals surface area contributed by atoms with Crippen molar-refractivity contribution in [2.75, 3.05) is 5.32 Å². The van der Waals surface area contributed by atoms with E-state index in [0.717, 1.165) is 0 Å². The Morgan fingerprint density at radius 2 is 1.96 bits per heavy atom. The number of nitrogens with one attached hydrogen (secondary N) is 2. The van der Waals surface area contributed by atoms with Crippen molar-refractivity contribution in [1.82, 2.24) is 15.0 Å². The summed E-state index contributed by atoms with van der Waals surface area (Å²) < 4.78 is 39.0. The molecule has 2 heterocycles. The van der Waals surface area contributed by atoms with Crippen LogP contribution in [0.2, 0.25) is 0 Å².